The molecule has 1 aromatic heterocycles. The minimum Gasteiger partial charge on any atom is -0.494 e. The molecule has 1 unspecified atom stereocenters. The molecule has 0 aliphatic carbocycles. The number of ether oxygens (including phenoxy) is 1. The fraction of sp³-hybridized carbons (Fsp3) is 0.250. The van der Waals surface area contributed by atoms with Crippen molar-refractivity contribution in [1.29, 1.82) is 5.26 Å². The lowest BCUT2D eigenvalue weighted by Gasteiger charge is -2.07. The Morgan fingerprint density at radius 3 is 2.58 bits per heavy atom. The van der Waals surface area contributed by atoms with Crippen molar-refractivity contribution in [1.82, 2.24) is 5.32 Å². The summed E-state index contributed by atoms with van der Waals surface area (Å²) in [5.41, 5.74) is 1.71. The van der Waals surface area contributed by atoms with Gasteiger partial charge in [-0.2, -0.15) is 10.2 Å². The van der Waals surface area contributed by atoms with E-state index in [4.69, 9.17) is 10.00 Å². The van der Waals surface area contributed by atoms with Crippen LogP contribution in [-0.2, 0) is 11.2 Å². The second-order valence-electron chi connectivity index (χ2n) is 7.29. The molecule has 170 valence electrons. The number of hydrogen-bond acceptors (Lipinski definition) is 6. The Labute approximate surface area is 193 Å². The highest BCUT2D eigenvalue weighted by Crippen LogP contribution is 2.41. The molecular weight excluding hydrogens is 448 g/mol. The van der Waals surface area contributed by atoms with E-state index in [2.05, 4.69) is 10.5 Å². The molecule has 33 heavy (non-hydrogen) atoms. The topological polar surface area (TPSA) is 91.5 Å². The first kappa shape index (κ1) is 24.0. The van der Waals surface area contributed by atoms with Gasteiger partial charge in [-0.1, -0.05) is 11.2 Å². The number of hydrogen-bond donors (Lipinski definition) is 1. The summed E-state index contributed by atoms with van der Waals surface area (Å²) in [6.45, 7) is 0.450. The molecule has 0 bridgehead atoms. The van der Waals surface area contributed by atoms with Crippen molar-refractivity contribution in [3.05, 3.63) is 69.4 Å². The molecule has 0 saturated heterocycles. The molecule has 3 rings (SSSR count). The number of rotatable bonds is 11. The summed E-state index contributed by atoms with van der Waals surface area (Å²) in [4.78, 5) is 23.3. The SMILES string of the molecule is COc1ccc(-c2sc(CC(CCCNC=O)N=O)cc2-c2ccc(C#N)c(F)c2)cc1F. The zero-order chi connectivity index (χ0) is 23.8. The largest absolute Gasteiger partial charge is 0.494 e. The summed E-state index contributed by atoms with van der Waals surface area (Å²) in [7, 11) is 1.38. The highest BCUT2D eigenvalue weighted by Gasteiger charge is 2.19. The summed E-state index contributed by atoms with van der Waals surface area (Å²) in [5.74, 6) is -1.07. The highest BCUT2D eigenvalue weighted by molar-refractivity contribution is 7.16. The quantitative estimate of drug-likeness (QED) is 0.230. The Morgan fingerprint density at radius 2 is 1.94 bits per heavy atom. The fourth-order valence-corrected chi connectivity index (χ4v) is 4.72. The van der Waals surface area contributed by atoms with E-state index in [-0.39, 0.29) is 11.3 Å². The fourth-order valence-electron chi connectivity index (χ4n) is 3.48. The number of nitrogens with one attached hydrogen (secondary N) is 1. The third kappa shape index (κ3) is 5.79. The van der Waals surface area contributed by atoms with E-state index in [9.17, 15) is 18.5 Å². The van der Waals surface area contributed by atoms with Crippen molar-refractivity contribution in [2.45, 2.75) is 25.3 Å². The lowest BCUT2D eigenvalue weighted by Crippen LogP contribution is -2.15. The van der Waals surface area contributed by atoms with Gasteiger partial charge in [0.05, 0.1) is 18.7 Å². The Hall–Kier alpha value is -3.64. The zero-order valence-electron chi connectivity index (χ0n) is 17.8. The van der Waals surface area contributed by atoms with Crippen molar-refractivity contribution in [2.24, 2.45) is 5.18 Å². The normalized spacial score (nSPS) is 11.5. The van der Waals surface area contributed by atoms with Crippen LogP contribution >= 0.6 is 11.3 Å². The van der Waals surface area contributed by atoms with E-state index < -0.39 is 17.7 Å². The molecule has 6 nitrogen and oxygen atoms in total. The van der Waals surface area contributed by atoms with Crippen LogP contribution in [-0.4, -0.2) is 26.1 Å². The molecule has 1 atom stereocenters. The maximum absolute atomic E-state index is 14.4. The number of carbonyl (C=O) groups excluding carboxylic acids is 1. The predicted molar refractivity (Wildman–Crippen MR) is 123 cm³/mol. The minimum atomic E-state index is -0.648. The van der Waals surface area contributed by atoms with Crippen LogP contribution in [0.25, 0.3) is 21.6 Å². The predicted octanol–water partition coefficient (Wildman–Crippen LogP) is 5.44. The van der Waals surface area contributed by atoms with E-state index in [1.54, 1.807) is 18.2 Å². The molecule has 0 fully saturated rings. The average molecular weight is 470 g/mol. The zero-order valence-corrected chi connectivity index (χ0v) is 18.6. The first-order chi connectivity index (χ1) is 16.0. The van der Waals surface area contributed by atoms with E-state index in [0.717, 1.165) is 4.88 Å². The highest BCUT2D eigenvalue weighted by atomic mass is 32.1. The van der Waals surface area contributed by atoms with Crippen LogP contribution in [0.3, 0.4) is 0 Å². The second-order valence-corrected chi connectivity index (χ2v) is 8.43. The number of halogens is 2. The number of nitrogens with zero attached hydrogens (tertiary/aromatic N) is 2. The van der Waals surface area contributed by atoms with Crippen LogP contribution in [0, 0.1) is 27.9 Å². The minimum absolute atomic E-state index is 0.0691. The summed E-state index contributed by atoms with van der Waals surface area (Å²) in [6.07, 6.45) is 2.06. The molecular formula is C24H21F2N3O3S. The van der Waals surface area contributed by atoms with Gasteiger partial charge in [-0.15, -0.1) is 11.3 Å². The smallest absolute Gasteiger partial charge is 0.207 e. The van der Waals surface area contributed by atoms with Crippen LogP contribution < -0.4 is 10.1 Å². The monoisotopic (exact) mass is 469 g/mol. The molecule has 0 aliphatic rings. The van der Waals surface area contributed by atoms with Crippen LogP contribution in [0.2, 0.25) is 0 Å². The van der Waals surface area contributed by atoms with Gasteiger partial charge in [-0.3, -0.25) is 4.79 Å². The number of benzene rings is 2. The molecule has 0 radical (unpaired) electrons. The third-order valence-corrected chi connectivity index (χ3v) is 6.33. The van der Waals surface area contributed by atoms with Gasteiger partial charge in [-0.05, 0) is 60.4 Å². The van der Waals surface area contributed by atoms with Gasteiger partial charge < -0.3 is 10.1 Å². The molecule has 1 N–H and O–H groups in total. The van der Waals surface area contributed by atoms with Crippen molar-refractivity contribution in [2.75, 3.05) is 13.7 Å². The lowest BCUT2D eigenvalue weighted by atomic mass is 9.99. The number of thiophene rings is 1. The standard InChI is InChI=1S/C24H21F2N3O3S/c1-32-23-7-6-16(10-22(23)26)24-20(15-4-5-17(13-27)21(25)9-15)12-19(33-24)11-18(29-31)3-2-8-28-14-30/h4-7,9-10,12,14,18H,2-3,8,11H2,1H3,(H,28,30). The maximum Gasteiger partial charge on any atom is 0.207 e. The number of carbonyl (C=O) groups is 1. The van der Waals surface area contributed by atoms with E-state index in [1.165, 1.54) is 42.7 Å². The molecule has 0 saturated carbocycles. The van der Waals surface area contributed by atoms with Gasteiger partial charge in [0, 0.05) is 28.3 Å². The molecule has 3 aromatic rings. The summed E-state index contributed by atoms with van der Waals surface area (Å²) >= 11 is 1.37. The Bertz CT molecular complexity index is 1190. The molecule has 1 heterocycles. The number of methoxy groups -OCH3 is 1. The van der Waals surface area contributed by atoms with Gasteiger partial charge >= 0.3 is 0 Å². The number of amides is 1. The maximum atomic E-state index is 14.4. The van der Waals surface area contributed by atoms with E-state index >= 15 is 0 Å². The Kier molecular flexibility index (Phi) is 8.22. The van der Waals surface area contributed by atoms with E-state index in [0.29, 0.717) is 53.8 Å². The number of nitroso groups, excluding NO2 is 1. The Balaban J connectivity index is 1.99. The van der Waals surface area contributed by atoms with Crippen LogP contribution in [0.15, 0.2) is 47.6 Å². The molecule has 2 aromatic carbocycles. The first-order valence-corrected chi connectivity index (χ1v) is 11.0. The summed E-state index contributed by atoms with van der Waals surface area (Å²) in [5, 5.41) is 14.8. The molecule has 9 heteroatoms. The van der Waals surface area contributed by atoms with Crippen molar-refractivity contribution in [3.63, 3.8) is 0 Å². The van der Waals surface area contributed by atoms with Crippen LogP contribution in [0.4, 0.5) is 8.78 Å². The second kappa shape index (κ2) is 11.3. The Morgan fingerprint density at radius 1 is 1.18 bits per heavy atom. The average Bonchev–Trinajstić information content (AvgIpc) is 3.24. The third-order valence-electron chi connectivity index (χ3n) is 5.13. The molecule has 0 spiro atoms. The van der Waals surface area contributed by atoms with Gasteiger partial charge in [0.1, 0.15) is 11.9 Å². The van der Waals surface area contributed by atoms with Crippen LogP contribution in [0.1, 0.15) is 23.3 Å². The van der Waals surface area contributed by atoms with Crippen molar-refractivity contribution < 1.29 is 18.3 Å². The van der Waals surface area contributed by atoms with Crippen molar-refractivity contribution in [3.8, 4) is 33.4 Å². The first-order valence-electron chi connectivity index (χ1n) is 10.2. The molecule has 1 amide bonds. The van der Waals surface area contributed by atoms with Gasteiger partial charge in [0.2, 0.25) is 6.41 Å². The van der Waals surface area contributed by atoms with Crippen molar-refractivity contribution >= 4 is 17.7 Å². The summed E-state index contributed by atoms with van der Waals surface area (Å²) < 4.78 is 33.7. The lowest BCUT2D eigenvalue weighted by molar-refractivity contribution is -0.109. The summed E-state index contributed by atoms with van der Waals surface area (Å²) in [6, 6.07) is 12.0. The van der Waals surface area contributed by atoms with Gasteiger partial charge in [-0.25, -0.2) is 8.78 Å². The van der Waals surface area contributed by atoms with Gasteiger partial charge in [0.25, 0.3) is 0 Å². The van der Waals surface area contributed by atoms with E-state index in [1.807, 2.05) is 6.07 Å². The molecule has 0 aliphatic heterocycles. The number of nitriles is 1. The van der Waals surface area contributed by atoms with Crippen LogP contribution in [0.5, 0.6) is 5.75 Å². The van der Waals surface area contributed by atoms with Gasteiger partial charge in [0.15, 0.2) is 11.6 Å².